The lowest BCUT2D eigenvalue weighted by Gasteiger charge is -2.28. The number of hydrogen-bond acceptors (Lipinski definition) is 3. The molecule has 0 saturated carbocycles. The molecule has 1 aliphatic rings. The number of carbonyl (C=O) groups is 2. The van der Waals surface area contributed by atoms with Crippen molar-refractivity contribution in [2.45, 2.75) is 26.8 Å². The van der Waals surface area contributed by atoms with E-state index in [0.29, 0.717) is 17.9 Å². The standard InChI is InChI=1S/C15H18N2O3/c1-4-20-12-7-5-11(6-8-12)14-13(10(3)18)9(2)16-15(19)17-14/h5-8,14H,4H2,1-3H3,(H2,16,17,19). The zero-order valence-electron chi connectivity index (χ0n) is 11.8. The Balaban J connectivity index is 2.36. The van der Waals surface area contributed by atoms with Gasteiger partial charge in [-0.2, -0.15) is 0 Å². The quantitative estimate of drug-likeness (QED) is 0.885. The summed E-state index contributed by atoms with van der Waals surface area (Å²) in [7, 11) is 0. The van der Waals surface area contributed by atoms with Crippen LogP contribution in [0.1, 0.15) is 32.4 Å². The van der Waals surface area contributed by atoms with Gasteiger partial charge in [-0.15, -0.1) is 0 Å². The van der Waals surface area contributed by atoms with E-state index in [-0.39, 0.29) is 11.8 Å². The summed E-state index contributed by atoms with van der Waals surface area (Å²) in [4.78, 5) is 23.4. The van der Waals surface area contributed by atoms with Crippen molar-refractivity contribution < 1.29 is 14.3 Å². The van der Waals surface area contributed by atoms with E-state index in [0.717, 1.165) is 11.3 Å². The van der Waals surface area contributed by atoms with Gasteiger partial charge in [0.2, 0.25) is 0 Å². The van der Waals surface area contributed by atoms with Crippen LogP contribution in [-0.2, 0) is 4.79 Å². The van der Waals surface area contributed by atoms with Crippen LogP contribution in [0, 0.1) is 0 Å². The number of carbonyl (C=O) groups excluding carboxylic acids is 2. The number of hydrogen-bond donors (Lipinski definition) is 2. The van der Waals surface area contributed by atoms with E-state index >= 15 is 0 Å². The Kier molecular flexibility index (Phi) is 4.08. The molecule has 2 amide bonds. The Labute approximate surface area is 118 Å². The smallest absolute Gasteiger partial charge is 0.319 e. The molecule has 0 fully saturated rings. The fraction of sp³-hybridized carbons (Fsp3) is 0.333. The molecule has 2 N–H and O–H groups in total. The molecule has 5 heteroatoms. The summed E-state index contributed by atoms with van der Waals surface area (Å²) in [5.74, 6) is 0.704. The number of rotatable bonds is 4. The minimum atomic E-state index is -0.420. The molecule has 2 rings (SSSR count). The fourth-order valence-electron chi connectivity index (χ4n) is 2.33. The summed E-state index contributed by atoms with van der Waals surface area (Å²) in [6.45, 7) is 5.75. The fourth-order valence-corrected chi connectivity index (χ4v) is 2.33. The van der Waals surface area contributed by atoms with E-state index in [1.54, 1.807) is 6.92 Å². The van der Waals surface area contributed by atoms with Gasteiger partial charge in [0.25, 0.3) is 0 Å². The highest BCUT2D eigenvalue weighted by Crippen LogP contribution is 2.28. The minimum absolute atomic E-state index is 0.0612. The second-order valence-corrected chi connectivity index (χ2v) is 4.63. The van der Waals surface area contributed by atoms with Crippen LogP contribution in [0.5, 0.6) is 5.75 Å². The van der Waals surface area contributed by atoms with Crippen LogP contribution in [0.3, 0.4) is 0 Å². The topological polar surface area (TPSA) is 67.4 Å². The highest BCUT2D eigenvalue weighted by molar-refractivity contribution is 5.98. The molecule has 1 aromatic rings. The summed E-state index contributed by atoms with van der Waals surface area (Å²) < 4.78 is 5.39. The van der Waals surface area contributed by atoms with Gasteiger partial charge in [-0.3, -0.25) is 4.79 Å². The molecule has 1 aromatic carbocycles. The molecule has 0 spiro atoms. The van der Waals surface area contributed by atoms with Gasteiger partial charge in [-0.05, 0) is 38.5 Å². The van der Waals surface area contributed by atoms with Gasteiger partial charge < -0.3 is 15.4 Å². The summed E-state index contributed by atoms with van der Waals surface area (Å²) in [6.07, 6.45) is 0. The van der Waals surface area contributed by atoms with Crippen LogP contribution in [-0.4, -0.2) is 18.4 Å². The first-order chi connectivity index (χ1) is 9.52. The molecular formula is C15H18N2O3. The van der Waals surface area contributed by atoms with E-state index < -0.39 is 6.04 Å². The third-order valence-corrected chi connectivity index (χ3v) is 3.17. The molecule has 0 radical (unpaired) electrons. The molecule has 1 unspecified atom stereocenters. The van der Waals surface area contributed by atoms with Crippen molar-refractivity contribution in [3.63, 3.8) is 0 Å². The number of ether oxygens (including phenoxy) is 1. The van der Waals surface area contributed by atoms with Crippen molar-refractivity contribution in [3.05, 3.63) is 41.1 Å². The third kappa shape index (κ3) is 2.82. The van der Waals surface area contributed by atoms with Crippen LogP contribution in [0.25, 0.3) is 0 Å². The van der Waals surface area contributed by atoms with Gasteiger partial charge in [-0.1, -0.05) is 12.1 Å². The minimum Gasteiger partial charge on any atom is -0.494 e. The molecular weight excluding hydrogens is 256 g/mol. The summed E-state index contributed by atoms with van der Waals surface area (Å²) in [6, 6.07) is 6.66. The Bertz CT molecular complexity index is 561. The number of allylic oxidation sites excluding steroid dienone is 1. The Morgan fingerprint density at radius 3 is 2.50 bits per heavy atom. The normalized spacial score (nSPS) is 18.4. The predicted molar refractivity (Wildman–Crippen MR) is 75.4 cm³/mol. The number of Topliss-reactive ketones (excluding diaryl/α,β-unsaturated/α-hetero) is 1. The molecule has 20 heavy (non-hydrogen) atoms. The molecule has 1 heterocycles. The number of ketones is 1. The Hall–Kier alpha value is -2.30. The molecule has 1 aliphatic heterocycles. The van der Waals surface area contributed by atoms with E-state index in [9.17, 15) is 9.59 Å². The average Bonchev–Trinajstić information content (AvgIpc) is 2.38. The van der Waals surface area contributed by atoms with Crippen LogP contribution < -0.4 is 15.4 Å². The lowest BCUT2D eigenvalue weighted by Crippen LogP contribution is -2.44. The predicted octanol–water partition coefficient (Wildman–Crippen LogP) is 2.30. The lowest BCUT2D eigenvalue weighted by atomic mass is 9.93. The number of nitrogens with one attached hydrogen (secondary N) is 2. The molecule has 0 aliphatic carbocycles. The van der Waals surface area contributed by atoms with Crippen molar-refractivity contribution in [1.82, 2.24) is 10.6 Å². The van der Waals surface area contributed by atoms with Crippen molar-refractivity contribution in [2.24, 2.45) is 0 Å². The number of urea groups is 1. The highest BCUT2D eigenvalue weighted by Gasteiger charge is 2.28. The van der Waals surface area contributed by atoms with Crippen LogP contribution in [0.2, 0.25) is 0 Å². The van der Waals surface area contributed by atoms with Gasteiger partial charge in [0.05, 0.1) is 12.6 Å². The molecule has 106 valence electrons. The number of amides is 2. The molecule has 0 aromatic heterocycles. The van der Waals surface area contributed by atoms with Crippen LogP contribution in [0.15, 0.2) is 35.5 Å². The van der Waals surface area contributed by atoms with Gasteiger partial charge in [-0.25, -0.2) is 4.79 Å². The van der Waals surface area contributed by atoms with Gasteiger partial charge in [0.1, 0.15) is 5.75 Å². The largest absolute Gasteiger partial charge is 0.494 e. The monoisotopic (exact) mass is 274 g/mol. The summed E-state index contributed by atoms with van der Waals surface area (Å²) in [5, 5.41) is 5.40. The van der Waals surface area contributed by atoms with Crippen molar-refractivity contribution in [1.29, 1.82) is 0 Å². The van der Waals surface area contributed by atoms with Crippen LogP contribution in [0.4, 0.5) is 4.79 Å². The van der Waals surface area contributed by atoms with E-state index in [1.807, 2.05) is 31.2 Å². The maximum Gasteiger partial charge on any atom is 0.319 e. The maximum atomic E-state index is 11.8. The first-order valence-electron chi connectivity index (χ1n) is 6.55. The molecule has 0 saturated heterocycles. The Morgan fingerprint density at radius 1 is 1.30 bits per heavy atom. The maximum absolute atomic E-state index is 11.8. The summed E-state index contributed by atoms with van der Waals surface area (Å²) in [5.41, 5.74) is 2.03. The molecule has 5 nitrogen and oxygen atoms in total. The highest BCUT2D eigenvalue weighted by atomic mass is 16.5. The van der Waals surface area contributed by atoms with Gasteiger partial charge in [0, 0.05) is 11.3 Å². The first kappa shape index (κ1) is 14.1. The molecule has 0 bridgehead atoms. The molecule has 1 atom stereocenters. The first-order valence-corrected chi connectivity index (χ1v) is 6.55. The van der Waals surface area contributed by atoms with Crippen LogP contribution >= 0.6 is 0 Å². The van der Waals surface area contributed by atoms with Crippen molar-refractivity contribution >= 4 is 11.8 Å². The average molecular weight is 274 g/mol. The summed E-state index contributed by atoms with van der Waals surface area (Å²) >= 11 is 0. The lowest BCUT2D eigenvalue weighted by molar-refractivity contribution is -0.114. The van der Waals surface area contributed by atoms with E-state index in [4.69, 9.17) is 4.74 Å². The zero-order valence-corrected chi connectivity index (χ0v) is 11.8. The van der Waals surface area contributed by atoms with Gasteiger partial charge >= 0.3 is 6.03 Å². The van der Waals surface area contributed by atoms with E-state index in [1.165, 1.54) is 6.92 Å². The second kappa shape index (κ2) is 5.77. The second-order valence-electron chi connectivity index (χ2n) is 4.63. The van der Waals surface area contributed by atoms with Crippen molar-refractivity contribution in [3.8, 4) is 5.75 Å². The van der Waals surface area contributed by atoms with E-state index in [2.05, 4.69) is 10.6 Å². The third-order valence-electron chi connectivity index (χ3n) is 3.17. The van der Waals surface area contributed by atoms with Gasteiger partial charge in [0.15, 0.2) is 5.78 Å². The SMILES string of the molecule is CCOc1ccc(C2NC(=O)NC(C)=C2C(C)=O)cc1. The Morgan fingerprint density at radius 2 is 1.95 bits per heavy atom. The zero-order chi connectivity index (χ0) is 14.7. The number of benzene rings is 1. The van der Waals surface area contributed by atoms with Crippen molar-refractivity contribution in [2.75, 3.05) is 6.61 Å².